The summed E-state index contributed by atoms with van der Waals surface area (Å²) in [5.74, 6) is -2.68. The molecular formula is C16H12F2N4OS. The molecular weight excluding hydrogens is 334 g/mol. The Morgan fingerprint density at radius 1 is 1.21 bits per heavy atom. The predicted octanol–water partition coefficient (Wildman–Crippen LogP) is 3.36. The van der Waals surface area contributed by atoms with Gasteiger partial charge in [0, 0.05) is 12.5 Å². The summed E-state index contributed by atoms with van der Waals surface area (Å²) >= 11 is 1.19. The van der Waals surface area contributed by atoms with E-state index >= 15 is 0 Å². The van der Waals surface area contributed by atoms with E-state index < -0.39 is 23.2 Å². The van der Waals surface area contributed by atoms with Crippen molar-refractivity contribution in [3.05, 3.63) is 70.0 Å². The highest BCUT2D eigenvalue weighted by atomic mass is 32.1. The molecule has 3 rings (SSSR count). The number of carbonyl (C=O) groups excluding carboxylic acids is 1. The monoisotopic (exact) mass is 346 g/mol. The van der Waals surface area contributed by atoms with Gasteiger partial charge in [0.25, 0.3) is 5.91 Å². The Hall–Kier alpha value is -2.74. The van der Waals surface area contributed by atoms with Crippen molar-refractivity contribution in [2.75, 3.05) is 5.32 Å². The molecule has 2 aromatic heterocycles. The van der Waals surface area contributed by atoms with E-state index in [0.29, 0.717) is 17.5 Å². The molecule has 0 aliphatic carbocycles. The normalized spacial score (nSPS) is 10.6. The molecule has 1 amide bonds. The van der Waals surface area contributed by atoms with Crippen molar-refractivity contribution in [2.24, 2.45) is 0 Å². The lowest BCUT2D eigenvalue weighted by molar-refractivity contribution is 0.101. The number of carbonyl (C=O) groups is 1. The molecule has 0 bridgehead atoms. The number of amides is 1. The first-order valence-corrected chi connectivity index (χ1v) is 7.83. The number of aryl methyl sites for hydroxylation is 1. The van der Waals surface area contributed by atoms with Gasteiger partial charge in [-0.1, -0.05) is 41.2 Å². The summed E-state index contributed by atoms with van der Waals surface area (Å²) < 4.78 is 26.4. The molecule has 0 unspecified atom stereocenters. The Bertz CT molecular complexity index is 880. The molecule has 0 aliphatic rings. The lowest BCUT2D eigenvalue weighted by atomic mass is 10.1. The smallest absolute Gasteiger partial charge is 0.279 e. The van der Waals surface area contributed by atoms with Crippen molar-refractivity contribution < 1.29 is 13.6 Å². The molecule has 1 N–H and O–H groups in total. The van der Waals surface area contributed by atoms with Crippen LogP contribution in [0.3, 0.4) is 0 Å². The summed E-state index contributed by atoms with van der Waals surface area (Å²) in [5.41, 5.74) is 1.74. The molecule has 0 fully saturated rings. The van der Waals surface area contributed by atoms with Crippen LogP contribution in [0.2, 0.25) is 0 Å². The molecule has 0 saturated heterocycles. The lowest BCUT2D eigenvalue weighted by Gasteiger charge is -2.01. The van der Waals surface area contributed by atoms with E-state index in [4.69, 9.17) is 0 Å². The highest BCUT2D eigenvalue weighted by Crippen LogP contribution is 2.19. The molecule has 2 heterocycles. The Kier molecular flexibility index (Phi) is 4.57. The highest BCUT2D eigenvalue weighted by Gasteiger charge is 2.16. The maximum Gasteiger partial charge on any atom is 0.279 e. The molecule has 0 saturated carbocycles. The van der Waals surface area contributed by atoms with E-state index in [2.05, 4.69) is 20.5 Å². The topological polar surface area (TPSA) is 67.8 Å². The van der Waals surface area contributed by atoms with Gasteiger partial charge in [0.2, 0.25) is 5.13 Å². The van der Waals surface area contributed by atoms with Gasteiger partial charge in [0.1, 0.15) is 10.8 Å². The van der Waals surface area contributed by atoms with Crippen molar-refractivity contribution in [3.63, 3.8) is 0 Å². The molecule has 8 heteroatoms. The quantitative estimate of drug-likeness (QED) is 0.786. The second-order valence-electron chi connectivity index (χ2n) is 5.10. The summed E-state index contributed by atoms with van der Waals surface area (Å²) in [6, 6.07) is 8.59. The van der Waals surface area contributed by atoms with Crippen LogP contribution in [-0.4, -0.2) is 21.1 Å². The number of benzene rings is 1. The maximum absolute atomic E-state index is 13.5. The Labute approximate surface area is 140 Å². The largest absolute Gasteiger partial charge is 0.295 e. The van der Waals surface area contributed by atoms with Crippen LogP contribution < -0.4 is 5.32 Å². The molecule has 0 atom stereocenters. The SMILES string of the molecule is Cc1ccc(Cc2nnc(NC(=O)c3ncc(F)cc3F)s2)cc1. The van der Waals surface area contributed by atoms with Crippen LogP contribution in [-0.2, 0) is 6.42 Å². The molecule has 5 nitrogen and oxygen atoms in total. The van der Waals surface area contributed by atoms with Crippen LogP contribution in [0.1, 0.15) is 26.6 Å². The minimum absolute atomic E-state index is 0.229. The minimum Gasteiger partial charge on any atom is -0.295 e. The summed E-state index contributed by atoms with van der Waals surface area (Å²) in [6.07, 6.45) is 1.36. The second-order valence-corrected chi connectivity index (χ2v) is 6.16. The van der Waals surface area contributed by atoms with Gasteiger partial charge in [-0.25, -0.2) is 13.8 Å². The molecule has 3 aromatic rings. The maximum atomic E-state index is 13.5. The van der Waals surface area contributed by atoms with Crippen LogP contribution in [0.4, 0.5) is 13.9 Å². The first-order valence-electron chi connectivity index (χ1n) is 7.01. The second kappa shape index (κ2) is 6.79. The molecule has 0 aliphatic heterocycles. The van der Waals surface area contributed by atoms with Crippen molar-refractivity contribution in [2.45, 2.75) is 13.3 Å². The molecule has 24 heavy (non-hydrogen) atoms. The number of hydrogen-bond donors (Lipinski definition) is 1. The third-order valence-corrected chi connectivity index (χ3v) is 4.02. The number of rotatable bonds is 4. The summed E-state index contributed by atoms with van der Waals surface area (Å²) in [7, 11) is 0. The van der Waals surface area contributed by atoms with Gasteiger partial charge in [-0.2, -0.15) is 0 Å². The van der Waals surface area contributed by atoms with E-state index in [-0.39, 0.29) is 5.13 Å². The zero-order valence-corrected chi connectivity index (χ0v) is 13.4. The zero-order chi connectivity index (χ0) is 17.1. The van der Waals surface area contributed by atoms with Crippen LogP contribution in [0, 0.1) is 18.6 Å². The van der Waals surface area contributed by atoms with Gasteiger partial charge in [-0.15, -0.1) is 10.2 Å². The average molecular weight is 346 g/mol. The number of nitrogens with one attached hydrogen (secondary N) is 1. The van der Waals surface area contributed by atoms with Crippen molar-refractivity contribution in [1.29, 1.82) is 0 Å². The van der Waals surface area contributed by atoms with Gasteiger partial charge in [-0.05, 0) is 12.5 Å². The van der Waals surface area contributed by atoms with Crippen molar-refractivity contribution in [3.8, 4) is 0 Å². The molecule has 0 radical (unpaired) electrons. The minimum atomic E-state index is -1.03. The van der Waals surface area contributed by atoms with Gasteiger partial charge < -0.3 is 0 Å². The van der Waals surface area contributed by atoms with E-state index in [1.807, 2.05) is 31.2 Å². The van der Waals surface area contributed by atoms with E-state index in [0.717, 1.165) is 17.3 Å². The van der Waals surface area contributed by atoms with E-state index in [1.54, 1.807) is 0 Å². The summed E-state index contributed by atoms with van der Waals surface area (Å²) in [6.45, 7) is 2.00. The van der Waals surface area contributed by atoms with Crippen LogP contribution >= 0.6 is 11.3 Å². The van der Waals surface area contributed by atoms with Crippen LogP contribution in [0.25, 0.3) is 0 Å². The van der Waals surface area contributed by atoms with Gasteiger partial charge in [0.05, 0.1) is 6.20 Å². The standard InChI is InChI=1S/C16H12F2N4OS/c1-9-2-4-10(5-3-9)6-13-21-22-16(24-13)20-15(23)14-12(18)7-11(17)8-19-14/h2-5,7-8H,6H2,1H3,(H,20,22,23). The Morgan fingerprint density at radius 2 is 1.96 bits per heavy atom. The highest BCUT2D eigenvalue weighted by molar-refractivity contribution is 7.15. The molecule has 1 aromatic carbocycles. The van der Waals surface area contributed by atoms with Crippen molar-refractivity contribution >= 4 is 22.4 Å². The fourth-order valence-corrected chi connectivity index (χ4v) is 2.76. The van der Waals surface area contributed by atoms with Gasteiger partial charge in [0.15, 0.2) is 11.5 Å². The first-order chi connectivity index (χ1) is 11.5. The number of aromatic nitrogens is 3. The van der Waals surface area contributed by atoms with Gasteiger partial charge >= 0.3 is 0 Å². The van der Waals surface area contributed by atoms with Crippen molar-refractivity contribution in [1.82, 2.24) is 15.2 Å². The third-order valence-electron chi connectivity index (χ3n) is 3.19. The zero-order valence-electron chi connectivity index (χ0n) is 12.6. The fourth-order valence-electron chi connectivity index (χ4n) is 1.99. The number of nitrogens with zero attached hydrogens (tertiary/aromatic N) is 3. The Morgan fingerprint density at radius 3 is 2.67 bits per heavy atom. The lowest BCUT2D eigenvalue weighted by Crippen LogP contribution is -2.15. The number of halogens is 2. The van der Waals surface area contributed by atoms with Crippen LogP contribution in [0.15, 0.2) is 36.5 Å². The summed E-state index contributed by atoms with van der Waals surface area (Å²) in [5, 5.41) is 11.2. The summed E-state index contributed by atoms with van der Waals surface area (Å²) in [4.78, 5) is 15.4. The number of hydrogen-bond acceptors (Lipinski definition) is 5. The molecule has 0 spiro atoms. The molecule has 122 valence electrons. The predicted molar refractivity (Wildman–Crippen MR) is 86.0 cm³/mol. The fraction of sp³-hybridized carbons (Fsp3) is 0.125. The van der Waals surface area contributed by atoms with Gasteiger partial charge in [-0.3, -0.25) is 10.1 Å². The number of pyridine rings is 1. The number of anilines is 1. The van der Waals surface area contributed by atoms with E-state index in [1.165, 1.54) is 11.3 Å². The first kappa shape index (κ1) is 16.1. The van der Waals surface area contributed by atoms with E-state index in [9.17, 15) is 13.6 Å². The van der Waals surface area contributed by atoms with Crippen LogP contribution in [0.5, 0.6) is 0 Å². The Balaban J connectivity index is 1.69. The average Bonchev–Trinajstić information content (AvgIpc) is 2.96. The third kappa shape index (κ3) is 3.77.